The Morgan fingerprint density at radius 2 is 1.76 bits per heavy atom. The van der Waals surface area contributed by atoms with E-state index < -0.39 is 30.3 Å². The maximum atomic E-state index is 13.9. The van der Waals surface area contributed by atoms with E-state index in [2.05, 4.69) is 10.4 Å². The second-order valence-electron chi connectivity index (χ2n) is 8.23. The number of rotatable bonds is 3. The van der Waals surface area contributed by atoms with Crippen LogP contribution in [0.15, 0.2) is 30.5 Å². The molecule has 0 unspecified atom stereocenters. The van der Waals surface area contributed by atoms with Gasteiger partial charge in [-0.2, -0.15) is 18.3 Å². The number of fused-ring (bicyclic) bond motifs is 1. The highest BCUT2D eigenvalue weighted by molar-refractivity contribution is 5.99. The molecule has 1 aromatic heterocycles. The normalized spacial score (nSPS) is 20.8. The second kappa shape index (κ2) is 8.95. The molecule has 1 aromatic carbocycles. The lowest BCUT2D eigenvalue weighted by Crippen LogP contribution is -2.50. The molecule has 3 heterocycles. The molecule has 2 atom stereocenters. The molecule has 0 radical (unpaired) electrons. The third-order valence-electron chi connectivity index (χ3n) is 6.04. The Hall–Kier alpha value is -3.24. The van der Waals surface area contributed by atoms with Crippen molar-refractivity contribution in [3.8, 4) is 0 Å². The van der Waals surface area contributed by atoms with Gasteiger partial charge in [-0.05, 0) is 19.4 Å². The molecule has 11 heteroatoms. The number of amides is 2. The number of halogens is 3. The van der Waals surface area contributed by atoms with E-state index in [4.69, 9.17) is 4.74 Å². The molecular formula is C22H26F3N5O3. The van der Waals surface area contributed by atoms with Gasteiger partial charge in [-0.3, -0.25) is 4.79 Å². The van der Waals surface area contributed by atoms with Crippen LogP contribution in [0.4, 0.5) is 23.8 Å². The topological polar surface area (TPSA) is 79.7 Å². The number of hydrogen-bond donors (Lipinski definition) is 1. The quantitative estimate of drug-likeness (QED) is 0.747. The zero-order valence-electron chi connectivity index (χ0n) is 18.4. The Bertz CT molecular complexity index is 1010. The summed E-state index contributed by atoms with van der Waals surface area (Å²) in [5.41, 5.74) is 1.80. The lowest BCUT2D eigenvalue weighted by Gasteiger charge is -2.36. The lowest BCUT2D eigenvalue weighted by atomic mass is 9.96. The van der Waals surface area contributed by atoms with E-state index in [0.29, 0.717) is 18.7 Å². The first-order valence-corrected chi connectivity index (χ1v) is 10.9. The van der Waals surface area contributed by atoms with E-state index in [1.165, 1.54) is 16.0 Å². The number of piperazine rings is 1. The van der Waals surface area contributed by atoms with Gasteiger partial charge in [0.15, 0.2) is 6.04 Å². The molecule has 33 heavy (non-hydrogen) atoms. The van der Waals surface area contributed by atoms with Crippen LogP contribution in [0.1, 0.15) is 46.9 Å². The number of anilines is 1. The number of hydrogen-bond acceptors (Lipinski definition) is 5. The summed E-state index contributed by atoms with van der Waals surface area (Å²) >= 11 is 0. The van der Waals surface area contributed by atoms with Gasteiger partial charge >= 0.3 is 12.3 Å². The van der Waals surface area contributed by atoms with Crippen molar-refractivity contribution in [2.24, 2.45) is 0 Å². The van der Waals surface area contributed by atoms with Crippen molar-refractivity contribution in [3.05, 3.63) is 47.2 Å². The molecule has 0 saturated carbocycles. The minimum atomic E-state index is -4.52. The minimum absolute atomic E-state index is 0.0620. The SMILES string of the molecule is CCOC(=O)N1CCN(C(=O)c2cnn3c2N[C@@H](c2ccc(C)cc2)C[C@H]3C(F)(F)F)CC1. The van der Waals surface area contributed by atoms with Crippen LogP contribution >= 0.6 is 0 Å². The fourth-order valence-corrected chi connectivity index (χ4v) is 4.21. The van der Waals surface area contributed by atoms with Crippen LogP contribution in [-0.4, -0.2) is 70.5 Å². The third kappa shape index (κ3) is 4.62. The van der Waals surface area contributed by atoms with Crippen LogP contribution in [0, 0.1) is 6.92 Å². The average molecular weight is 465 g/mol. The smallest absolute Gasteiger partial charge is 0.410 e. The van der Waals surface area contributed by atoms with Gasteiger partial charge in [0.1, 0.15) is 11.4 Å². The number of aromatic nitrogens is 2. The molecule has 1 fully saturated rings. The van der Waals surface area contributed by atoms with Crippen LogP contribution in [-0.2, 0) is 4.74 Å². The van der Waals surface area contributed by atoms with Gasteiger partial charge in [0.05, 0.1) is 18.8 Å². The molecule has 0 bridgehead atoms. The van der Waals surface area contributed by atoms with Crippen molar-refractivity contribution >= 4 is 17.8 Å². The summed E-state index contributed by atoms with van der Waals surface area (Å²) in [6.45, 7) is 4.97. The number of alkyl halides is 3. The van der Waals surface area contributed by atoms with Gasteiger partial charge in [-0.15, -0.1) is 0 Å². The molecule has 2 aliphatic rings. The number of nitrogens with one attached hydrogen (secondary N) is 1. The highest BCUT2D eigenvalue weighted by Crippen LogP contribution is 2.44. The molecule has 0 spiro atoms. The van der Waals surface area contributed by atoms with E-state index in [-0.39, 0.29) is 37.5 Å². The standard InChI is InChI=1S/C22H26F3N5O3/c1-3-33-21(32)29-10-8-28(9-11-29)20(31)16-13-26-30-18(22(23,24)25)12-17(27-19(16)30)15-6-4-14(2)5-7-15/h4-7,13,17-18,27H,3,8-12H2,1-2H3/t17-,18+/m1/s1. The Morgan fingerprint density at radius 1 is 1.12 bits per heavy atom. The first-order chi connectivity index (χ1) is 15.7. The van der Waals surface area contributed by atoms with Crippen molar-refractivity contribution in [1.82, 2.24) is 19.6 Å². The second-order valence-corrected chi connectivity index (χ2v) is 8.23. The molecular weight excluding hydrogens is 439 g/mol. The highest BCUT2D eigenvalue weighted by Gasteiger charge is 2.47. The molecule has 1 N–H and O–H groups in total. The van der Waals surface area contributed by atoms with Gasteiger partial charge in [-0.25, -0.2) is 9.48 Å². The van der Waals surface area contributed by atoms with Crippen molar-refractivity contribution in [2.45, 2.75) is 38.5 Å². The summed E-state index contributed by atoms with van der Waals surface area (Å²) in [7, 11) is 0. The van der Waals surface area contributed by atoms with Crippen LogP contribution < -0.4 is 5.32 Å². The van der Waals surface area contributed by atoms with Crippen LogP contribution in [0.2, 0.25) is 0 Å². The van der Waals surface area contributed by atoms with Crippen molar-refractivity contribution in [3.63, 3.8) is 0 Å². The summed E-state index contributed by atoms with van der Waals surface area (Å²) in [6, 6.07) is 4.82. The molecule has 0 aliphatic carbocycles. The number of benzene rings is 1. The monoisotopic (exact) mass is 465 g/mol. The first-order valence-electron chi connectivity index (χ1n) is 10.9. The summed E-state index contributed by atoms with van der Waals surface area (Å²) in [6.07, 6.45) is -3.99. The molecule has 2 aromatic rings. The van der Waals surface area contributed by atoms with E-state index >= 15 is 0 Å². The Kier molecular flexibility index (Phi) is 6.22. The Balaban J connectivity index is 1.57. The fraction of sp³-hybridized carbons (Fsp3) is 0.500. The summed E-state index contributed by atoms with van der Waals surface area (Å²) in [5, 5.41) is 7.05. The summed E-state index contributed by atoms with van der Waals surface area (Å²) in [4.78, 5) is 28.1. The van der Waals surface area contributed by atoms with Gasteiger partial charge in [0.25, 0.3) is 5.91 Å². The molecule has 2 amide bonds. The minimum Gasteiger partial charge on any atom is -0.450 e. The van der Waals surface area contributed by atoms with Gasteiger partial charge in [-0.1, -0.05) is 29.8 Å². The van der Waals surface area contributed by atoms with Crippen LogP contribution in [0.3, 0.4) is 0 Å². The zero-order chi connectivity index (χ0) is 23.8. The van der Waals surface area contributed by atoms with Crippen molar-refractivity contribution in [2.75, 3.05) is 38.1 Å². The van der Waals surface area contributed by atoms with Crippen molar-refractivity contribution < 1.29 is 27.5 Å². The molecule has 4 rings (SSSR count). The van der Waals surface area contributed by atoms with Gasteiger partial charge in [0, 0.05) is 32.6 Å². The maximum Gasteiger partial charge on any atom is 0.410 e. The fourth-order valence-electron chi connectivity index (χ4n) is 4.21. The number of carbonyl (C=O) groups is 2. The maximum absolute atomic E-state index is 13.9. The predicted octanol–water partition coefficient (Wildman–Crippen LogP) is 3.77. The highest BCUT2D eigenvalue weighted by atomic mass is 19.4. The van der Waals surface area contributed by atoms with E-state index in [9.17, 15) is 22.8 Å². The average Bonchev–Trinajstić information content (AvgIpc) is 3.22. The van der Waals surface area contributed by atoms with E-state index in [0.717, 1.165) is 10.2 Å². The Labute approximate surface area is 189 Å². The van der Waals surface area contributed by atoms with E-state index in [1.54, 1.807) is 19.1 Å². The molecule has 178 valence electrons. The predicted molar refractivity (Wildman–Crippen MR) is 114 cm³/mol. The zero-order valence-corrected chi connectivity index (χ0v) is 18.4. The summed E-state index contributed by atoms with van der Waals surface area (Å²) in [5.74, 6) is -0.357. The number of carbonyl (C=O) groups excluding carboxylic acids is 2. The van der Waals surface area contributed by atoms with Gasteiger partial charge < -0.3 is 19.9 Å². The summed E-state index contributed by atoms with van der Waals surface area (Å²) < 4.78 is 47.5. The molecule has 1 saturated heterocycles. The third-order valence-corrected chi connectivity index (χ3v) is 6.04. The number of aryl methyl sites for hydroxylation is 1. The first kappa shape index (κ1) is 22.9. The number of ether oxygens (including phenoxy) is 1. The van der Waals surface area contributed by atoms with Crippen molar-refractivity contribution in [1.29, 1.82) is 0 Å². The van der Waals surface area contributed by atoms with E-state index in [1.807, 2.05) is 19.1 Å². The van der Waals surface area contributed by atoms with Crippen LogP contribution in [0.5, 0.6) is 0 Å². The molecule has 8 nitrogen and oxygen atoms in total. The largest absolute Gasteiger partial charge is 0.450 e. The lowest BCUT2D eigenvalue weighted by molar-refractivity contribution is -0.173. The van der Waals surface area contributed by atoms with Crippen LogP contribution in [0.25, 0.3) is 0 Å². The molecule has 2 aliphatic heterocycles. The number of nitrogens with zero attached hydrogens (tertiary/aromatic N) is 4. The Morgan fingerprint density at radius 3 is 2.36 bits per heavy atom. The van der Waals surface area contributed by atoms with Gasteiger partial charge in [0.2, 0.25) is 0 Å².